The molecule has 78 valence electrons. The minimum Gasteiger partial charge on any atom is -0.363 e. The van der Waals surface area contributed by atoms with E-state index in [1.807, 2.05) is 0 Å². The summed E-state index contributed by atoms with van der Waals surface area (Å²) >= 11 is 5.64. The van der Waals surface area contributed by atoms with Crippen LogP contribution in [0.4, 0.5) is 20.5 Å². The molecule has 0 bridgehead atoms. The zero-order chi connectivity index (χ0) is 10.6. The Morgan fingerprint density at radius 2 is 2.29 bits per heavy atom. The fourth-order valence-electron chi connectivity index (χ4n) is 0.734. The first kappa shape index (κ1) is 10.9. The third-order valence-corrected chi connectivity index (χ3v) is 1.57. The number of rotatable bonds is 4. The second kappa shape index (κ2) is 4.87. The van der Waals surface area contributed by atoms with Crippen molar-refractivity contribution >= 4 is 23.4 Å². The summed E-state index contributed by atoms with van der Waals surface area (Å²) in [5.74, 6) is 5.25. The Balaban J connectivity index is 2.73. The van der Waals surface area contributed by atoms with Gasteiger partial charge in [-0.15, -0.1) is 0 Å². The monoisotopic (exact) mass is 223 g/mol. The molecule has 1 aromatic heterocycles. The van der Waals surface area contributed by atoms with Gasteiger partial charge in [0.05, 0.1) is 12.7 Å². The third-order valence-electron chi connectivity index (χ3n) is 1.30. The summed E-state index contributed by atoms with van der Waals surface area (Å²) < 4.78 is 23.7. The van der Waals surface area contributed by atoms with Gasteiger partial charge in [-0.2, -0.15) is 4.98 Å². The van der Waals surface area contributed by atoms with Gasteiger partial charge in [-0.3, -0.25) is 5.43 Å². The van der Waals surface area contributed by atoms with Gasteiger partial charge in [0, 0.05) is 0 Å². The van der Waals surface area contributed by atoms with E-state index in [1.165, 1.54) is 6.20 Å². The minimum atomic E-state index is -2.48. The number of aromatic nitrogens is 2. The maximum Gasteiger partial charge on any atom is 0.255 e. The van der Waals surface area contributed by atoms with Crippen LogP contribution in [0.5, 0.6) is 0 Å². The molecule has 0 saturated heterocycles. The van der Waals surface area contributed by atoms with Crippen LogP contribution < -0.4 is 16.6 Å². The van der Waals surface area contributed by atoms with Crippen LogP contribution in [-0.4, -0.2) is 22.9 Å². The summed E-state index contributed by atoms with van der Waals surface area (Å²) in [5, 5.41) is 2.52. The number of anilines is 2. The molecule has 0 spiro atoms. The number of nitrogens with zero attached hydrogens (tertiary/aromatic N) is 2. The van der Waals surface area contributed by atoms with Crippen molar-refractivity contribution in [2.24, 2.45) is 5.84 Å². The van der Waals surface area contributed by atoms with Crippen LogP contribution in [0.2, 0.25) is 5.02 Å². The molecular weight excluding hydrogens is 216 g/mol. The molecule has 14 heavy (non-hydrogen) atoms. The summed E-state index contributed by atoms with van der Waals surface area (Å²) in [5.41, 5.74) is 2.17. The molecule has 0 unspecified atom stereocenters. The lowest BCUT2D eigenvalue weighted by Gasteiger charge is -2.07. The number of nitrogens with one attached hydrogen (secondary N) is 2. The molecule has 1 heterocycles. The summed E-state index contributed by atoms with van der Waals surface area (Å²) in [6, 6.07) is 0. The summed E-state index contributed by atoms with van der Waals surface area (Å²) in [6.45, 7) is -0.527. The van der Waals surface area contributed by atoms with Crippen molar-refractivity contribution in [2.75, 3.05) is 17.3 Å². The van der Waals surface area contributed by atoms with E-state index in [0.29, 0.717) is 0 Å². The van der Waals surface area contributed by atoms with Crippen LogP contribution in [0.3, 0.4) is 0 Å². The van der Waals surface area contributed by atoms with E-state index in [-0.39, 0.29) is 16.8 Å². The summed E-state index contributed by atoms with van der Waals surface area (Å²) in [4.78, 5) is 7.42. The summed E-state index contributed by atoms with van der Waals surface area (Å²) in [6.07, 6.45) is -1.22. The highest BCUT2D eigenvalue weighted by Gasteiger charge is 2.07. The van der Waals surface area contributed by atoms with Gasteiger partial charge in [0.25, 0.3) is 6.43 Å². The number of halogens is 3. The highest BCUT2D eigenvalue weighted by molar-refractivity contribution is 6.32. The van der Waals surface area contributed by atoms with Gasteiger partial charge in [0.2, 0.25) is 5.95 Å². The first-order valence-electron chi connectivity index (χ1n) is 3.64. The van der Waals surface area contributed by atoms with Gasteiger partial charge < -0.3 is 5.32 Å². The van der Waals surface area contributed by atoms with E-state index < -0.39 is 13.0 Å². The molecule has 8 heteroatoms. The van der Waals surface area contributed by atoms with E-state index in [0.717, 1.165) is 0 Å². The molecular formula is C6H8ClF2N5. The van der Waals surface area contributed by atoms with Crippen LogP contribution in [0.1, 0.15) is 0 Å². The number of nitrogens with two attached hydrogens (primary N) is 1. The predicted molar refractivity (Wildman–Crippen MR) is 49.3 cm³/mol. The zero-order valence-electron chi connectivity index (χ0n) is 6.97. The van der Waals surface area contributed by atoms with Crippen molar-refractivity contribution < 1.29 is 8.78 Å². The third kappa shape index (κ3) is 2.93. The Morgan fingerprint density at radius 3 is 2.86 bits per heavy atom. The lowest BCUT2D eigenvalue weighted by molar-refractivity contribution is 0.163. The van der Waals surface area contributed by atoms with Crippen molar-refractivity contribution in [3.63, 3.8) is 0 Å². The lowest BCUT2D eigenvalue weighted by atomic mass is 10.5. The molecule has 0 radical (unpaired) electrons. The van der Waals surface area contributed by atoms with E-state index >= 15 is 0 Å². The van der Waals surface area contributed by atoms with Gasteiger partial charge in [-0.1, -0.05) is 11.6 Å². The average molecular weight is 224 g/mol. The van der Waals surface area contributed by atoms with E-state index in [1.54, 1.807) is 0 Å². The van der Waals surface area contributed by atoms with Crippen LogP contribution in [0.25, 0.3) is 0 Å². The first-order chi connectivity index (χ1) is 6.63. The molecule has 0 saturated carbocycles. The highest BCUT2D eigenvalue weighted by atomic mass is 35.5. The van der Waals surface area contributed by atoms with Crippen LogP contribution in [0, 0.1) is 0 Å². The van der Waals surface area contributed by atoms with Crippen molar-refractivity contribution in [1.29, 1.82) is 0 Å². The molecule has 0 amide bonds. The second-order valence-electron chi connectivity index (χ2n) is 2.31. The zero-order valence-corrected chi connectivity index (χ0v) is 7.72. The van der Waals surface area contributed by atoms with Gasteiger partial charge in [-0.05, 0) is 0 Å². The Morgan fingerprint density at radius 1 is 1.57 bits per heavy atom. The second-order valence-corrected chi connectivity index (χ2v) is 2.71. The smallest absolute Gasteiger partial charge is 0.255 e. The SMILES string of the molecule is NNc1ncc(Cl)c(NCC(F)F)n1. The topological polar surface area (TPSA) is 75.9 Å². The Hall–Kier alpha value is -1.21. The normalized spacial score (nSPS) is 10.4. The Kier molecular flexibility index (Phi) is 3.78. The molecule has 0 fully saturated rings. The average Bonchev–Trinajstić information content (AvgIpc) is 2.16. The first-order valence-corrected chi connectivity index (χ1v) is 4.02. The quantitative estimate of drug-likeness (QED) is 0.526. The maximum atomic E-state index is 11.8. The number of hydrogen-bond acceptors (Lipinski definition) is 5. The standard InChI is InChI=1S/C6H8ClF2N5/c7-3-1-12-6(14-10)13-5(3)11-2-4(8)9/h1,4H,2,10H2,(H2,11,12,13,14). The van der Waals surface area contributed by atoms with Crippen molar-refractivity contribution in [1.82, 2.24) is 9.97 Å². The Labute approximate surface area is 83.6 Å². The van der Waals surface area contributed by atoms with E-state index in [2.05, 4.69) is 20.7 Å². The molecule has 0 atom stereocenters. The van der Waals surface area contributed by atoms with Crippen LogP contribution >= 0.6 is 11.6 Å². The van der Waals surface area contributed by atoms with E-state index in [9.17, 15) is 8.78 Å². The van der Waals surface area contributed by atoms with Gasteiger partial charge in [0.1, 0.15) is 5.02 Å². The molecule has 0 aromatic carbocycles. The molecule has 1 rings (SSSR count). The minimum absolute atomic E-state index is 0.103. The van der Waals surface area contributed by atoms with Gasteiger partial charge in [-0.25, -0.2) is 19.6 Å². The predicted octanol–water partition coefficient (Wildman–Crippen LogP) is 1.09. The molecule has 0 aliphatic carbocycles. The van der Waals surface area contributed by atoms with Crippen molar-refractivity contribution in [2.45, 2.75) is 6.43 Å². The van der Waals surface area contributed by atoms with Crippen LogP contribution in [0.15, 0.2) is 6.20 Å². The number of hydrogen-bond donors (Lipinski definition) is 3. The van der Waals surface area contributed by atoms with Crippen LogP contribution in [-0.2, 0) is 0 Å². The molecule has 1 aromatic rings. The fourth-order valence-corrected chi connectivity index (χ4v) is 0.892. The van der Waals surface area contributed by atoms with Crippen molar-refractivity contribution in [3.8, 4) is 0 Å². The Bertz CT molecular complexity index is 308. The molecule has 4 N–H and O–H groups in total. The number of hydrazine groups is 1. The fraction of sp³-hybridized carbons (Fsp3) is 0.333. The lowest BCUT2D eigenvalue weighted by Crippen LogP contribution is -2.15. The molecule has 5 nitrogen and oxygen atoms in total. The van der Waals surface area contributed by atoms with Crippen molar-refractivity contribution in [3.05, 3.63) is 11.2 Å². The van der Waals surface area contributed by atoms with E-state index in [4.69, 9.17) is 17.4 Å². The number of nitrogen functional groups attached to an aromatic ring is 1. The highest BCUT2D eigenvalue weighted by Crippen LogP contribution is 2.18. The van der Waals surface area contributed by atoms with Gasteiger partial charge >= 0.3 is 0 Å². The van der Waals surface area contributed by atoms with Gasteiger partial charge in [0.15, 0.2) is 5.82 Å². The molecule has 0 aliphatic rings. The largest absolute Gasteiger partial charge is 0.363 e. The maximum absolute atomic E-state index is 11.8. The molecule has 0 aliphatic heterocycles. The number of alkyl halides is 2. The summed E-state index contributed by atoms with van der Waals surface area (Å²) in [7, 11) is 0.